The molecule has 0 radical (unpaired) electrons. The predicted molar refractivity (Wildman–Crippen MR) is 149 cm³/mol. The van der Waals surface area contributed by atoms with E-state index in [0.717, 1.165) is 79.5 Å². The molecule has 3 N–H and O–H groups in total. The van der Waals surface area contributed by atoms with Crippen LogP contribution in [0.2, 0.25) is 0 Å². The van der Waals surface area contributed by atoms with Gasteiger partial charge < -0.3 is 30.5 Å². The molecule has 0 aromatic carbocycles. The van der Waals surface area contributed by atoms with Gasteiger partial charge in [0.25, 0.3) is 0 Å². The fourth-order valence-electron chi connectivity index (χ4n) is 4.88. The van der Waals surface area contributed by atoms with Crippen molar-refractivity contribution in [1.29, 1.82) is 0 Å². The first kappa shape index (κ1) is 24.3. The van der Waals surface area contributed by atoms with E-state index in [1.165, 1.54) is 0 Å². The van der Waals surface area contributed by atoms with E-state index in [1.807, 2.05) is 24.4 Å². The first-order valence-corrected chi connectivity index (χ1v) is 13.0. The molecule has 0 spiro atoms. The maximum atomic E-state index is 5.59. The average molecular weight is 513 g/mol. The van der Waals surface area contributed by atoms with Crippen LogP contribution in [0.1, 0.15) is 6.42 Å². The quantitative estimate of drug-likeness (QED) is 0.339. The summed E-state index contributed by atoms with van der Waals surface area (Å²) in [6.07, 6.45) is 8.08. The molecular weight excluding hydrogens is 480 g/mol. The van der Waals surface area contributed by atoms with Crippen molar-refractivity contribution in [3.8, 4) is 17.1 Å². The van der Waals surface area contributed by atoms with E-state index < -0.39 is 0 Å². The fourth-order valence-corrected chi connectivity index (χ4v) is 4.88. The Bertz CT molecular complexity index is 1400. The highest BCUT2D eigenvalue weighted by molar-refractivity contribution is 5.95. The summed E-state index contributed by atoms with van der Waals surface area (Å²) in [7, 11) is 3.79. The van der Waals surface area contributed by atoms with Crippen LogP contribution in [0.3, 0.4) is 0 Å². The number of nitrogens with zero attached hydrogens (tertiary/aromatic N) is 7. The van der Waals surface area contributed by atoms with Gasteiger partial charge in [-0.25, -0.2) is 19.9 Å². The lowest BCUT2D eigenvalue weighted by Crippen LogP contribution is -2.44. The monoisotopic (exact) mass is 512 g/mol. The topological polar surface area (TPSA) is 116 Å². The normalized spacial score (nSPS) is 18.1. The number of fused-ring (bicyclic) bond motifs is 1. The third-order valence-electron chi connectivity index (χ3n) is 7.06. The molecule has 6 heterocycles. The molecule has 4 aromatic rings. The molecule has 0 amide bonds. The third kappa shape index (κ3) is 5.15. The zero-order valence-electron chi connectivity index (χ0n) is 21.7. The van der Waals surface area contributed by atoms with Crippen LogP contribution in [-0.4, -0.2) is 89.3 Å². The standard InChI is InChI=1S/C27H32N10O/c1-36-9-11-37(12-10-36)24-4-3-19(15-31-24)32-23-13-18(5-8-30-23)26-34-21-16-29-17-22(38-2)25(21)27(35-26)33-20-6-7-28-14-20/h3-5,8,13,15-17,20,28H,6-7,9-12,14H2,1-2H3,(H,30,32)(H,33,34,35)/t20-/m1/s1. The molecule has 0 saturated carbocycles. The summed E-state index contributed by atoms with van der Waals surface area (Å²) >= 11 is 0. The predicted octanol–water partition coefficient (Wildman–Crippen LogP) is 2.76. The third-order valence-corrected chi connectivity index (χ3v) is 7.06. The number of likely N-dealkylation sites (N-methyl/N-ethyl adjacent to an activating group) is 1. The first-order valence-electron chi connectivity index (χ1n) is 13.0. The van der Waals surface area contributed by atoms with E-state index in [1.54, 1.807) is 25.7 Å². The van der Waals surface area contributed by atoms with Crippen LogP contribution in [-0.2, 0) is 0 Å². The highest BCUT2D eigenvalue weighted by atomic mass is 16.5. The van der Waals surface area contributed by atoms with Gasteiger partial charge in [-0.3, -0.25) is 4.98 Å². The van der Waals surface area contributed by atoms with Crippen molar-refractivity contribution in [1.82, 2.24) is 35.1 Å². The van der Waals surface area contributed by atoms with Gasteiger partial charge in [0.05, 0.1) is 42.3 Å². The minimum atomic E-state index is 0.287. The van der Waals surface area contributed by atoms with Crippen molar-refractivity contribution in [2.24, 2.45) is 0 Å². The minimum absolute atomic E-state index is 0.287. The summed E-state index contributed by atoms with van der Waals surface area (Å²) in [5.41, 5.74) is 2.44. The summed E-state index contributed by atoms with van der Waals surface area (Å²) in [6, 6.07) is 8.24. The number of aromatic nitrogens is 5. The van der Waals surface area contributed by atoms with E-state index in [9.17, 15) is 0 Å². The molecule has 0 aliphatic carbocycles. The molecule has 1 atom stereocenters. The summed E-state index contributed by atoms with van der Waals surface area (Å²) in [5, 5.41) is 11.2. The lowest BCUT2D eigenvalue weighted by molar-refractivity contribution is 0.312. The molecule has 4 aromatic heterocycles. The van der Waals surface area contributed by atoms with Gasteiger partial charge in [0.1, 0.15) is 23.2 Å². The lowest BCUT2D eigenvalue weighted by atomic mass is 10.2. The van der Waals surface area contributed by atoms with E-state index in [-0.39, 0.29) is 6.04 Å². The Balaban J connectivity index is 1.26. The van der Waals surface area contributed by atoms with Gasteiger partial charge in [-0.1, -0.05) is 0 Å². The Morgan fingerprint density at radius 3 is 2.68 bits per heavy atom. The Morgan fingerprint density at radius 2 is 1.92 bits per heavy atom. The highest BCUT2D eigenvalue weighted by Gasteiger charge is 2.20. The summed E-state index contributed by atoms with van der Waals surface area (Å²) in [5.74, 6) is 3.67. The second-order valence-corrected chi connectivity index (χ2v) is 9.72. The molecule has 2 fully saturated rings. The summed E-state index contributed by atoms with van der Waals surface area (Å²) in [6.45, 7) is 5.94. The summed E-state index contributed by atoms with van der Waals surface area (Å²) in [4.78, 5) is 27.9. The van der Waals surface area contributed by atoms with Gasteiger partial charge in [0, 0.05) is 50.5 Å². The number of piperazine rings is 1. The number of nitrogens with one attached hydrogen (secondary N) is 3. The van der Waals surface area contributed by atoms with Crippen LogP contribution in [0, 0.1) is 0 Å². The Morgan fingerprint density at radius 1 is 1.03 bits per heavy atom. The zero-order valence-corrected chi connectivity index (χ0v) is 21.7. The van der Waals surface area contributed by atoms with Crippen molar-refractivity contribution in [2.75, 3.05) is 69.0 Å². The van der Waals surface area contributed by atoms with Crippen LogP contribution >= 0.6 is 0 Å². The van der Waals surface area contributed by atoms with Crippen molar-refractivity contribution in [3.05, 3.63) is 49.1 Å². The molecular formula is C27H32N10O. The molecule has 6 rings (SSSR count). The molecule has 0 unspecified atom stereocenters. The SMILES string of the molecule is COc1cncc2nc(-c3ccnc(Nc4ccc(N5CCN(C)CC5)nc4)c3)nc(N[C@@H]3CCNC3)c12. The van der Waals surface area contributed by atoms with Gasteiger partial charge in [-0.2, -0.15) is 0 Å². The Labute approximate surface area is 221 Å². The van der Waals surface area contributed by atoms with E-state index >= 15 is 0 Å². The molecule has 2 aliphatic rings. The molecule has 38 heavy (non-hydrogen) atoms. The second kappa shape index (κ2) is 10.7. The van der Waals surface area contributed by atoms with Crippen LogP contribution < -0.4 is 25.6 Å². The van der Waals surface area contributed by atoms with E-state index in [0.29, 0.717) is 17.4 Å². The maximum absolute atomic E-state index is 5.59. The van der Waals surface area contributed by atoms with Crippen LogP contribution in [0.4, 0.5) is 23.1 Å². The van der Waals surface area contributed by atoms with E-state index in [4.69, 9.17) is 14.7 Å². The number of anilines is 4. The first-order chi connectivity index (χ1) is 18.7. The maximum Gasteiger partial charge on any atom is 0.162 e. The largest absolute Gasteiger partial charge is 0.494 e. The van der Waals surface area contributed by atoms with E-state index in [2.05, 4.69) is 53.8 Å². The van der Waals surface area contributed by atoms with Gasteiger partial charge in [-0.15, -0.1) is 0 Å². The van der Waals surface area contributed by atoms with Gasteiger partial charge in [-0.05, 0) is 44.3 Å². The van der Waals surface area contributed by atoms with Gasteiger partial charge >= 0.3 is 0 Å². The van der Waals surface area contributed by atoms with Crippen LogP contribution in [0.5, 0.6) is 5.75 Å². The Kier molecular flexibility index (Phi) is 6.84. The van der Waals surface area contributed by atoms with Crippen molar-refractivity contribution < 1.29 is 4.74 Å². The molecule has 11 nitrogen and oxygen atoms in total. The molecule has 11 heteroatoms. The van der Waals surface area contributed by atoms with Crippen LogP contribution in [0.25, 0.3) is 22.3 Å². The molecule has 0 bridgehead atoms. The van der Waals surface area contributed by atoms with Gasteiger partial charge in [0.15, 0.2) is 5.82 Å². The Hall–Kier alpha value is -4.09. The fraction of sp³-hybridized carbons (Fsp3) is 0.370. The summed E-state index contributed by atoms with van der Waals surface area (Å²) < 4.78 is 5.59. The van der Waals surface area contributed by atoms with Crippen molar-refractivity contribution in [3.63, 3.8) is 0 Å². The van der Waals surface area contributed by atoms with Crippen LogP contribution in [0.15, 0.2) is 49.1 Å². The average Bonchev–Trinajstić information content (AvgIpc) is 3.47. The second-order valence-electron chi connectivity index (χ2n) is 9.72. The number of hydrogen-bond donors (Lipinski definition) is 3. The number of pyridine rings is 3. The van der Waals surface area contributed by atoms with Gasteiger partial charge in [0.2, 0.25) is 0 Å². The zero-order chi connectivity index (χ0) is 25.9. The minimum Gasteiger partial charge on any atom is -0.494 e. The molecule has 2 aliphatic heterocycles. The van der Waals surface area contributed by atoms with Crippen molar-refractivity contribution in [2.45, 2.75) is 12.5 Å². The smallest absolute Gasteiger partial charge is 0.162 e. The number of rotatable bonds is 7. The number of methoxy groups -OCH3 is 1. The number of hydrogen-bond acceptors (Lipinski definition) is 11. The lowest BCUT2D eigenvalue weighted by Gasteiger charge is -2.33. The molecule has 196 valence electrons. The highest BCUT2D eigenvalue weighted by Crippen LogP contribution is 2.32. The molecule has 2 saturated heterocycles. The van der Waals surface area contributed by atoms with Crippen molar-refractivity contribution >= 4 is 34.0 Å². The number of ether oxygens (including phenoxy) is 1.